The van der Waals surface area contributed by atoms with Crippen molar-refractivity contribution in [1.29, 1.82) is 0 Å². The highest BCUT2D eigenvalue weighted by Crippen LogP contribution is 2.26. The van der Waals surface area contributed by atoms with Gasteiger partial charge in [0.15, 0.2) is 0 Å². The summed E-state index contributed by atoms with van der Waals surface area (Å²) in [5, 5.41) is 9.09. The summed E-state index contributed by atoms with van der Waals surface area (Å²) in [5.74, 6) is -1.36. The third-order valence-corrected chi connectivity index (χ3v) is 4.58. The molecule has 7 nitrogen and oxygen atoms in total. The van der Waals surface area contributed by atoms with Crippen molar-refractivity contribution >= 4 is 43.3 Å². The average Bonchev–Trinajstić information content (AvgIpc) is 2.41. The van der Waals surface area contributed by atoms with Gasteiger partial charge in [0.2, 0.25) is 0 Å². The maximum atomic E-state index is 12.4. The summed E-state index contributed by atoms with van der Waals surface area (Å²) < 4.78 is 27.4. The first-order valence-electron chi connectivity index (χ1n) is 5.56. The van der Waals surface area contributed by atoms with Crippen molar-refractivity contribution in [3.8, 4) is 0 Å². The van der Waals surface area contributed by atoms with Crippen LogP contribution < -0.4 is 10.5 Å². The monoisotopic (exact) mass is 371 g/mol. The molecule has 0 amide bonds. The Morgan fingerprint density at radius 2 is 2.05 bits per heavy atom. The zero-order valence-corrected chi connectivity index (χ0v) is 12.8. The molecular weight excluding hydrogens is 362 g/mol. The number of hydrogen-bond donors (Lipinski definition) is 3. The summed E-state index contributed by atoms with van der Waals surface area (Å²) in [5.41, 5.74) is 5.57. The van der Waals surface area contributed by atoms with Gasteiger partial charge in [0.25, 0.3) is 10.0 Å². The Labute approximate surface area is 129 Å². The zero-order valence-electron chi connectivity index (χ0n) is 10.4. The molecule has 0 fully saturated rings. The summed E-state index contributed by atoms with van der Waals surface area (Å²) in [6, 6.07) is 5.01. The zero-order chi connectivity index (χ0) is 15.6. The Morgan fingerprint density at radius 3 is 2.67 bits per heavy atom. The number of anilines is 2. The molecule has 0 spiro atoms. The van der Waals surface area contributed by atoms with Crippen molar-refractivity contribution in [3.63, 3.8) is 0 Å². The SMILES string of the molecule is Nc1ccc(C(=O)O)c(S(=O)(=O)Nc2ccncc2Br)c1. The summed E-state index contributed by atoms with van der Waals surface area (Å²) in [7, 11) is -4.10. The standard InChI is InChI=1S/C12H10BrN3O4S/c13-9-6-15-4-3-10(9)16-21(19,20)11-5-7(14)1-2-8(11)12(17)18/h1-6H,14H2,(H,15,16)(H,17,18). The first-order valence-corrected chi connectivity index (χ1v) is 7.84. The Morgan fingerprint density at radius 1 is 1.33 bits per heavy atom. The van der Waals surface area contributed by atoms with Crippen molar-refractivity contribution in [2.75, 3.05) is 10.5 Å². The smallest absolute Gasteiger partial charge is 0.337 e. The average molecular weight is 372 g/mol. The van der Waals surface area contributed by atoms with Gasteiger partial charge in [-0.2, -0.15) is 0 Å². The maximum absolute atomic E-state index is 12.4. The van der Waals surface area contributed by atoms with Crippen LogP contribution in [-0.4, -0.2) is 24.5 Å². The number of nitrogens with one attached hydrogen (secondary N) is 1. The lowest BCUT2D eigenvalue weighted by atomic mass is 10.2. The van der Waals surface area contributed by atoms with Crippen LogP contribution in [0.3, 0.4) is 0 Å². The van der Waals surface area contributed by atoms with Crippen LogP contribution in [0.25, 0.3) is 0 Å². The summed E-state index contributed by atoms with van der Waals surface area (Å²) in [6.45, 7) is 0. The van der Waals surface area contributed by atoms with Gasteiger partial charge in [-0.05, 0) is 40.2 Å². The van der Waals surface area contributed by atoms with Gasteiger partial charge in [-0.1, -0.05) is 0 Å². The quantitative estimate of drug-likeness (QED) is 0.705. The predicted octanol–water partition coefficient (Wildman–Crippen LogP) is 1.93. The topological polar surface area (TPSA) is 122 Å². The fraction of sp³-hybridized carbons (Fsp3) is 0. The van der Waals surface area contributed by atoms with E-state index < -0.39 is 20.9 Å². The lowest BCUT2D eigenvalue weighted by molar-refractivity contribution is 0.0692. The first kappa shape index (κ1) is 15.3. The fourth-order valence-electron chi connectivity index (χ4n) is 1.60. The second-order valence-electron chi connectivity index (χ2n) is 4.02. The minimum atomic E-state index is -4.10. The van der Waals surface area contributed by atoms with E-state index >= 15 is 0 Å². The molecule has 0 radical (unpaired) electrons. The number of nitrogens with two attached hydrogens (primary N) is 1. The molecule has 0 saturated heterocycles. The van der Waals surface area contributed by atoms with E-state index in [2.05, 4.69) is 25.6 Å². The van der Waals surface area contributed by atoms with Crippen LogP contribution in [0.1, 0.15) is 10.4 Å². The number of nitrogen functional groups attached to an aromatic ring is 1. The molecule has 0 saturated carbocycles. The number of rotatable bonds is 4. The molecule has 110 valence electrons. The summed E-state index contributed by atoms with van der Waals surface area (Å²) >= 11 is 3.15. The van der Waals surface area contributed by atoms with E-state index in [1.165, 1.54) is 24.5 Å². The molecule has 21 heavy (non-hydrogen) atoms. The molecule has 0 aliphatic heterocycles. The number of carboxylic acids is 1. The van der Waals surface area contributed by atoms with Crippen LogP contribution in [0.4, 0.5) is 11.4 Å². The van der Waals surface area contributed by atoms with Crippen LogP contribution >= 0.6 is 15.9 Å². The van der Waals surface area contributed by atoms with Gasteiger partial charge in [-0.25, -0.2) is 13.2 Å². The van der Waals surface area contributed by atoms with E-state index in [9.17, 15) is 13.2 Å². The van der Waals surface area contributed by atoms with Gasteiger partial charge in [0.1, 0.15) is 4.90 Å². The van der Waals surface area contributed by atoms with Gasteiger partial charge in [0.05, 0.1) is 15.7 Å². The Balaban J connectivity index is 2.52. The minimum absolute atomic E-state index is 0.147. The molecule has 4 N–H and O–H groups in total. The number of nitrogens with zero attached hydrogens (tertiary/aromatic N) is 1. The minimum Gasteiger partial charge on any atom is -0.478 e. The normalized spacial score (nSPS) is 11.1. The number of carboxylic acid groups (broad SMARTS) is 1. The van der Waals surface area contributed by atoms with E-state index in [1.54, 1.807) is 0 Å². The lowest BCUT2D eigenvalue weighted by Crippen LogP contribution is -2.17. The summed E-state index contributed by atoms with van der Waals surface area (Å²) in [6.07, 6.45) is 2.81. The molecule has 0 bridgehead atoms. The number of pyridine rings is 1. The van der Waals surface area contributed by atoms with Crippen molar-refractivity contribution in [2.45, 2.75) is 4.90 Å². The lowest BCUT2D eigenvalue weighted by Gasteiger charge is -2.12. The maximum Gasteiger partial charge on any atom is 0.337 e. The third-order valence-electron chi connectivity index (χ3n) is 2.54. The largest absolute Gasteiger partial charge is 0.478 e. The molecular formula is C12H10BrN3O4S. The van der Waals surface area contributed by atoms with Gasteiger partial charge in [-0.15, -0.1) is 0 Å². The van der Waals surface area contributed by atoms with Gasteiger partial charge >= 0.3 is 5.97 Å². The highest BCUT2D eigenvalue weighted by molar-refractivity contribution is 9.10. The van der Waals surface area contributed by atoms with E-state index in [-0.39, 0.29) is 16.9 Å². The molecule has 1 aromatic heterocycles. The van der Waals surface area contributed by atoms with Crippen LogP contribution in [-0.2, 0) is 10.0 Å². The van der Waals surface area contributed by atoms with Crippen molar-refractivity contribution in [1.82, 2.24) is 4.98 Å². The highest BCUT2D eigenvalue weighted by atomic mass is 79.9. The van der Waals surface area contributed by atoms with E-state index in [0.29, 0.717) is 4.47 Å². The highest BCUT2D eigenvalue weighted by Gasteiger charge is 2.23. The van der Waals surface area contributed by atoms with Crippen LogP contribution in [0.15, 0.2) is 46.0 Å². The van der Waals surface area contributed by atoms with Crippen molar-refractivity contribution in [3.05, 3.63) is 46.7 Å². The molecule has 0 unspecified atom stereocenters. The van der Waals surface area contributed by atoms with E-state index in [1.807, 2.05) is 0 Å². The number of aromatic carboxylic acids is 1. The van der Waals surface area contributed by atoms with E-state index in [4.69, 9.17) is 10.8 Å². The second kappa shape index (κ2) is 5.70. The predicted molar refractivity (Wildman–Crippen MR) is 80.6 cm³/mol. The van der Waals surface area contributed by atoms with Crippen LogP contribution in [0.2, 0.25) is 0 Å². The molecule has 9 heteroatoms. The Bertz CT molecular complexity index is 808. The number of sulfonamides is 1. The van der Waals surface area contributed by atoms with E-state index in [0.717, 1.165) is 12.1 Å². The molecule has 0 atom stereocenters. The molecule has 0 aliphatic carbocycles. The summed E-state index contributed by atoms with van der Waals surface area (Å²) in [4.78, 5) is 14.6. The first-order chi connectivity index (χ1) is 9.81. The third kappa shape index (κ3) is 3.31. The number of aromatic nitrogens is 1. The fourth-order valence-corrected chi connectivity index (χ4v) is 3.39. The number of carbonyl (C=O) groups is 1. The van der Waals surface area contributed by atoms with Crippen LogP contribution in [0.5, 0.6) is 0 Å². The molecule has 0 aliphatic rings. The second-order valence-corrected chi connectivity index (χ2v) is 6.53. The molecule has 2 rings (SSSR count). The molecule has 1 heterocycles. The van der Waals surface area contributed by atoms with Crippen LogP contribution in [0, 0.1) is 0 Å². The molecule has 2 aromatic rings. The Hall–Kier alpha value is -2.13. The number of hydrogen-bond acceptors (Lipinski definition) is 5. The number of halogens is 1. The number of benzene rings is 1. The van der Waals surface area contributed by atoms with Gasteiger partial charge in [0, 0.05) is 18.1 Å². The van der Waals surface area contributed by atoms with Crippen molar-refractivity contribution < 1.29 is 18.3 Å². The van der Waals surface area contributed by atoms with Crippen molar-refractivity contribution in [2.24, 2.45) is 0 Å². The Kier molecular flexibility index (Phi) is 4.14. The molecule has 1 aromatic carbocycles. The van der Waals surface area contributed by atoms with Gasteiger partial charge < -0.3 is 10.8 Å². The van der Waals surface area contributed by atoms with Gasteiger partial charge in [-0.3, -0.25) is 9.71 Å².